The first-order valence-electron chi connectivity index (χ1n) is 5.80. The number of aromatic nitrogens is 2. The van der Waals surface area contributed by atoms with Crippen LogP contribution in [-0.4, -0.2) is 35.0 Å². The topological polar surface area (TPSA) is 47.0 Å². The number of ether oxygens (including phenoxy) is 1. The van der Waals surface area contributed by atoms with Crippen LogP contribution in [0.4, 0.5) is 10.3 Å². The number of hydrogen-bond acceptors (Lipinski definition) is 5. The van der Waals surface area contributed by atoms with Crippen LogP contribution in [0.1, 0.15) is 19.8 Å². The number of anilines is 1. The maximum absolute atomic E-state index is 13.6. The van der Waals surface area contributed by atoms with Crippen LogP contribution in [0, 0.1) is 5.82 Å². The van der Waals surface area contributed by atoms with Crippen LogP contribution in [-0.2, 0) is 4.74 Å². The van der Waals surface area contributed by atoms with Crippen LogP contribution < -0.4 is 5.32 Å². The summed E-state index contributed by atoms with van der Waals surface area (Å²) < 4.78 is 18.8. The molecule has 0 saturated carbocycles. The van der Waals surface area contributed by atoms with Gasteiger partial charge in [0.2, 0.25) is 5.95 Å². The highest BCUT2D eigenvalue weighted by atomic mass is 32.2. The minimum atomic E-state index is -0.344. The molecule has 2 heterocycles. The number of hydrogen-bond donors (Lipinski definition) is 1. The van der Waals surface area contributed by atoms with Crippen molar-refractivity contribution in [3.63, 3.8) is 0 Å². The van der Waals surface area contributed by atoms with E-state index in [2.05, 4.69) is 15.3 Å². The first kappa shape index (κ1) is 12.6. The zero-order chi connectivity index (χ0) is 12.1. The summed E-state index contributed by atoms with van der Waals surface area (Å²) in [5, 5.41) is 3.81. The van der Waals surface area contributed by atoms with Gasteiger partial charge in [-0.3, -0.25) is 0 Å². The number of thioether (sulfide) groups is 1. The van der Waals surface area contributed by atoms with Crippen molar-refractivity contribution in [2.75, 3.05) is 25.1 Å². The molecule has 0 bridgehead atoms. The molecule has 0 atom stereocenters. The molecule has 1 aliphatic heterocycles. The standard InChI is InChI=1S/C11H16FN3OS/c1-2-13-11-14-7-9(12)10(15-11)17-8-3-5-16-6-4-8/h7-8H,2-6H2,1H3,(H,13,14,15). The lowest BCUT2D eigenvalue weighted by Gasteiger charge is -2.21. The second-order valence-corrected chi connectivity index (χ2v) is 5.10. The van der Waals surface area contributed by atoms with Crippen molar-refractivity contribution >= 4 is 17.7 Å². The summed E-state index contributed by atoms with van der Waals surface area (Å²) in [6.45, 7) is 4.19. The van der Waals surface area contributed by atoms with E-state index in [1.807, 2.05) is 6.92 Å². The number of halogens is 1. The van der Waals surface area contributed by atoms with Gasteiger partial charge in [-0.25, -0.2) is 14.4 Å². The monoisotopic (exact) mass is 257 g/mol. The molecule has 2 rings (SSSR count). The summed E-state index contributed by atoms with van der Waals surface area (Å²) in [5.74, 6) is 0.145. The molecule has 1 fully saturated rings. The van der Waals surface area contributed by atoms with Crippen molar-refractivity contribution < 1.29 is 9.13 Å². The molecular weight excluding hydrogens is 241 g/mol. The van der Waals surface area contributed by atoms with Crippen molar-refractivity contribution in [2.24, 2.45) is 0 Å². The number of rotatable bonds is 4. The van der Waals surface area contributed by atoms with Gasteiger partial charge in [0.15, 0.2) is 5.82 Å². The molecule has 17 heavy (non-hydrogen) atoms. The highest BCUT2D eigenvalue weighted by Gasteiger charge is 2.18. The molecule has 1 aromatic heterocycles. The Morgan fingerprint density at radius 1 is 1.53 bits per heavy atom. The van der Waals surface area contributed by atoms with Crippen molar-refractivity contribution in [1.29, 1.82) is 0 Å². The Hall–Kier alpha value is -0.880. The fraction of sp³-hybridized carbons (Fsp3) is 0.636. The normalized spacial score (nSPS) is 17.1. The maximum Gasteiger partial charge on any atom is 0.223 e. The SMILES string of the molecule is CCNc1ncc(F)c(SC2CCOCC2)n1. The van der Waals surface area contributed by atoms with Crippen molar-refractivity contribution in [3.8, 4) is 0 Å². The first-order valence-corrected chi connectivity index (χ1v) is 6.68. The lowest BCUT2D eigenvalue weighted by molar-refractivity contribution is 0.1000. The van der Waals surface area contributed by atoms with Crippen LogP contribution >= 0.6 is 11.8 Å². The van der Waals surface area contributed by atoms with Crippen LogP contribution in [0.25, 0.3) is 0 Å². The summed E-state index contributed by atoms with van der Waals surface area (Å²) in [6.07, 6.45) is 3.13. The summed E-state index contributed by atoms with van der Waals surface area (Å²) in [7, 11) is 0. The molecule has 1 aliphatic rings. The molecule has 1 saturated heterocycles. The van der Waals surface area contributed by atoms with Gasteiger partial charge in [-0.1, -0.05) is 11.8 Å². The zero-order valence-electron chi connectivity index (χ0n) is 9.78. The van der Waals surface area contributed by atoms with E-state index in [9.17, 15) is 4.39 Å². The second kappa shape index (κ2) is 6.16. The smallest absolute Gasteiger partial charge is 0.223 e. The van der Waals surface area contributed by atoms with E-state index in [0.29, 0.717) is 16.2 Å². The van der Waals surface area contributed by atoms with Gasteiger partial charge < -0.3 is 10.1 Å². The third kappa shape index (κ3) is 3.54. The molecule has 4 nitrogen and oxygen atoms in total. The minimum Gasteiger partial charge on any atom is -0.381 e. The van der Waals surface area contributed by atoms with Gasteiger partial charge in [0.05, 0.1) is 6.20 Å². The van der Waals surface area contributed by atoms with Crippen molar-refractivity contribution in [1.82, 2.24) is 9.97 Å². The summed E-state index contributed by atoms with van der Waals surface area (Å²) in [4.78, 5) is 8.07. The molecule has 0 spiro atoms. The van der Waals surface area contributed by atoms with Crippen LogP contribution in [0.2, 0.25) is 0 Å². The lowest BCUT2D eigenvalue weighted by atomic mass is 10.2. The summed E-state index contributed by atoms with van der Waals surface area (Å²) in [5.41, 5.74) is 0. The third-order valence-corrected chi connectivity index (χ3v) is 3.81. The van der Waals surface area contributed by atoms with Gasteiger partial charge in [-0.15, -0.1) is 0 Å². The third-order valence-electron chi connectivity index (χ3n) is 2.49. The van der Waals surface area contributed by atoms with Gasteiger partial charge in [-0.05, 0) is 19.8 Å². The molecule has 0 aromatic carbocycles. The van der Waals surface area contributed by atoms with E-state index in [4.69, 9.17) is 4.74 Å². The fourth-order valence-electron chi connectivity index (χ4n) is 1.63. The van der Waals surface area contributed by atoms with Gasteiger partial charge in [0.25, 0.3) is 0 Å². The molecule has 1 aromatic rings. The van der Waals surface area contributed by atoms with E-state index >= 15 is 0 Å². The average molecular weight is 257 g/mol. The Morgan fingerprint density at radius 2 is 2.29 bits per heavy atom. The van der Waals surface area contributed by atoms with Gasteiger partial charge >= 0.3 is 0 Å². The Bertz CT molecular complexity index is 372. The summed E-state index contributed by atoms with van der Waals surface area (Å²) >= 11 is 1.49. The average Bonchev–Trinajstić information content (AvgIpc) is 2.35. The first-order chi connectivity index (χ1) is 8.29. The Morgan fingerprint density at radius 3 is 3.00 bits per heavy atom. The summed E-state index contributed by atoms with van der Waals surface area (Å²) in [6, 6.07) is 0. The molecule has 94 valence electrons. The van der Waals surface area contributed by atoms with Crippen LogP contribution in [0.5, 0.6) is 0 Å². The quantitative estimate of drug-likeness (QED) is 0.839. The molecule has 0 radical (unpaired) electrons. The zero-order valence-corrected chi connectivity index (χ0v) is 10.6. The predicted molar refractivity (Wildman–Crippen MR) is 65.9 cm³/mol. The number of nitrogens with zero attached hydrogens (tertiary/aromatic N) is 2. The van der Waals surface area contributed by atoms with E-state index in [-0.39, 0.29) is 5.82 Å². The maximum atomic E-state index is 13.6. The van der Waals surface area contributed by atoms with Gasteiger partial charge in [0.1, 0.15) is 5.03 Å². The highest BCUT2D eigenvalue weighted by molar-refractivity contribution is 7.99. The van der Waals surface area contributed by atoms with E-state index < -0.39 is 0 Å². The Labute approximate surface area is 104 Å². The second-order valence-electron chi connectivity index (χ2n) is 3.81. The van der Waals surface area contributed by atoms with E-state index in [0.717, 1.165) is 32.6 Å². The highest BCUT2D eigenvalue weighted by Crippen LogP contribution is 2.30. The molecule has 0 amide bonds. The molecular formula is C11H16FN3OS. The molecule has 0 aliphatic carbocycles. The van der Waals surface area contributed by atoms with Gasteiger partial charge in [0, 0.05) is 25.0 Å². The van der Waals surface area contributed by atoms with E-state index in [1.165, 1.54) is 18.0 Å². The predicted octanol–water partition coefficient (Wildman–Crippen LogP) is 2.32. The van der Waals surface area contributed by atoms with Crippen molar-refractivity contribution in [3.05, 3.63) is 12.0 Å². The fourth-order valence-corrected chi connectivity index (χ4v) is 2.68. The minimum absolute atomic E-state index is 0.344. The molecule has 6 heteroatoms. The largest absolute Gasteiger partial charge is 0.381 e. The Balaban J connectivity index is 2.04. The number of nitrogens with one attached hydrogen (secondary N) is 1. The lowest BCUT2D eigenvalue weighted by Crippen LogP contribution is -2.18. The van der Waals surface area contributed by atoms with Crippen LogP contribution in [0.3, 0.4) is 0 Å². The van der Waals surface area contributed by atoms with Crippen molar-refractivity contribution in [2.45, 2.75) is 30.0 Å². The molecule has 1 N–H and O–H groups in total. The Kier molecular flexibility index (Phi) is 4.56. The molecule has 0 unspecified atom stereocenters. The van der Waals surface area contributed by atoms with Gasteiger partial charge in [-0.2, -0.15) is 0 Å². The van der Waals surface area contributed by atoms with Crippen LogP contribution in [0.15, 0.2) is 11.2 Å². The van der Waals surface area contributed by atoms with E-state index in [1.54, 1.807) is 0 Å².